The second-order valence-corrected chi connectivity index (χ2v) is 13.1. The lowest BCUT2D eigenvalue weighted by molar-refractivity contribution is -0.615. The van der Waals surface area contributed by atoms with Crippen molar-refractivity contribution in [2.45, 2.75) is 44.2 Å². The topological polar surface area (TPSA) is 95.6 Å². The standard InChI is InChI=1S/C35H42Cl2N6O4/c1-39(34(44)27-21-28(36)23-29(37)22-27)25-33(38-47-2)32(26-9-4-3-5-10-26)14-20-40-18-12-30(13-19-40)42-16-8-15-41(35(42)45)24-31-11-6-7-17-43(31)46/h3-7,9-11,17,21-23,30,32H,8,12-16,18-20,24-25H2,1-2H3/b38-33+. The molecule has 1 aromatic heterocycles. The number of nitrogens with zero attached hydrogens (tertiary/aromatic N) is 6. The van der Waals surface area contributed by atoms with Crippen molar-refractivity contribution in [2.75, 3.05) is 53.4 Å². The Balaban J connectivity index is 1.21. The van der Waals surface area contributed by atoms with Crippen LogP contribution in [0.5, 0.6) is 0 Å². The zero-order chi connectivity index (χ0) is 33.3. The second-order valence-electron chi connectivity index (χ2n) is 12.2. The van der Waals surface area contributed by atoms with Gasteiger partial charge in [-0.2, -0.15) is 4.73 Å². The molecule has 0 saturated carbocycles. The van der Waals surface area contributed by atoms with Gasteiger partial charge in [-0.05, 0) is 62.1 Å². The number of rotatable bonds is 12. The van der Waals surface area contributed by atoms with E-state index in [-0.39, 0.29) is 30.4 Å². The molecule has 0 N–H and O–H groups in total. The third-order valence-corrected chi connectivity index (χ3v) is 9.44. The molecule has 2 saturated heterocycles. The SMILES string of the molecule is CO/N=C(\CN(C)C(=O)c1cc(Cl)cc(Cl)c1)C(CCN1CCC(N2CCCN(Cc3cccc[n+]3[O-])C2=O)CC1)c1ccccc1. The summed E-state index contributed by atoms with van der Waals surface area (Å²) in [6, 6.07) is 20.5. The number of piperidine rings is 1. The molecule has 1 unspecified atom stereocenters. The number of likely N-dealkylation sites (tertiary alicyclic amines) is 1. The predicted molar refractivity (Wildman–Crippen MR) is 184 cm³/mol. The van der Waals surface area contributed by atoms with E-state index in [0.717, 1.165) is 67.9 Å². The van der Waals surface area contributed by atoms with E-state index in [1.807, 2.05) is 29.2 Å². The van der Waals surface area contributed by atoms with Crippen molar-refractivity contribution in [3.05, 3.63) is 105 Å². The van der Waals surface area contributed by atoms with Crippen molar-refractivity contribution in [2.24, 2.45) is 5.16 Å². The summed E-state index contributed by atoms with van der Waals surface area (Å²) in [5, 5.41) is 17.4. The fourth-order valence-electron chi connectivity index (χ4n) is 6.58. The minimum atomic E-state index is -0.214. The molecule has 47 heavy (non-hydrogen) atoms. The minimum Gasteiger partial charge on any atom is -0.618 e. The predicted octanol–water partition coefficient (Wildman–Crippen LogP) is 5.67. The lowest BCUT2D eigenvalue weighted by atomic mass is 9.89. The number of benzene rings is 2. The molecule has 2 aromatic carbocycles. The number of amides is 3. The molecule has 2 aliphatic rings. The Labute approximate surface area is 286 Å². The van der Waals surface area contributed by atoms with Crippen molar-refractivity contribution >= 4 is 40.9 Å². The van der Waals surface area contributed by atoms with Crippen molar-refractivity contribution in [1.82, 2.24) is 19.6 Å². The molecule has 10 nitrogen and oxygen atoms in total. The first-order valence-corrected chi connectivity index (χ1v) is 16.8. The van der Waals surface area contributed by atoms with Crippen LogP contribution in [-0.4, -0.2) is 96.7 Å². The van der Waals surface area contributed by atoms with Gasteiger partial charge < -0.3 is 29.6 Å². The summed E-state index contributed by atoms with van der Waals surface area (Å²) in [6.07, 6.45) is 4.92. The van der Waals surface area contributed by atoms with E-state index in [1.165, 1.54) is 13.3 Å². The number of halogens is 2. The van der Waals surface area contributed by atoms with E-state index >= 15 is 0 Å². The Morgan fingerprint density at radius 2 is 1.74 bits per heavy atom. The van der Waals surface area contributed by atoms with Crippen LogP contribution in [0.2, 0.25) is 10.0 Å². The Morgan fingerprint density at radius 3 is 2.43 bits per heavy atom. The number of hydrogen-bond acceptors (Lipinski definition) is 6. The van der Waals surface area contributed by atoms with Gasteiger partial charge in [-0.15, -0.1) is 0 Å². The number of oxime groups is 1. The van der Waals surface area contributed by atoms with Crippen molar-refractivity contribution < 1.29 is 19.2 Å². The molecule has 2 fully saturated rings. The van der Waals surface area contributed by atoms with Gasteiger partial charge in [0.05, 0.1) is 12.3 Å². The van der Waals surface area contributed by atoms with E-state index in [0.29, 0.717) is 34.4 Å². The highest BCUT2D eigenvalue weighted by Crippen LogP contribution is 2.27. The lowest BCUT2D eigenvalue weighted by Gasteiger charge is -2.43. The Bertz CT molecular complexity index is 1530. The first kappa shape index (κ1) is 34.5. The van der Waals surface area contributed by atoms with Crippen LogP contribution in [0.15, 0.2) is 78.1 Å². The van der Waals surface area contributed by atoms with E-state index in [1.54, 1.807) is 47.2 Å². The van der Waals surface area contributed by atoms with Crippen LogP contribution < -0.4 is 4.73 Å². The molecule has 1 atom stereocenters. The third-order valence-electron chi connectivity index (χ3n) is 9.00. The number of carbonyl (C=O) groups is 2. The van der Waals surface area contributed by atoms with E-state index < -0.39 is 0 Å². The molecule has 12 heteroatoms. The van der Waals surface area contributed by atoms with Crippen LogP contribution in [0, 0.1) is 5.21 Å². The van der Waals surface area contributed by atoms with Gasteiger partial charge in [0, 0.05) is 72.9 Å². The molecule has 0 bridgehead atoms. The Morgan fingerprint density at radius 1 is 1.04 bits per heavy atom. The monoisotopic (exact) mass is 680 g/mol. The first-order valence-electron chi connectivity index (χ1n) is 16.0. The Hall–Kier alpha value is -3.86. The summed E-state index contributed by atoms with van der Waals surface area (Å²) in [4.78, 5) is 39.9. The molecular formula is C35H42Cl2N6O4. The average molecular weight is 682 g/mol. The maximum Gasteiger partial charge on any atom is 0.320 e. The van der Waals surface area contributed by atoms with Crippen LogP contribution in [0.1, 0.15) is 53.2 Å². The van der Waals surface area contributed by atoms with Crippen LogP contribution in [0.3, 0.4) is 0 Å². The highest BCUT2D eigenvalue weighted by molar-refractivity contribution is 6.35. The van der Waals surface area contributed by atoms with Crippen molar-refractivity contribution in [3.8, 4) is 0 Å². The van der Waals surface area contributed by atoms with Crippen LogP contribution in [0.4, 0.5) is 4.79 Å². The normalized spacial score (nSPS) is 17.1. The van der Waals surface area contributed by atoms with Gasteiger partial charge in [-0.3, -0.25) is 4.79 Å². The number of urea groups is 1. The number of pyridine rings is 1. The summed E-state index contributed by atoms with van der Waals surface area (Å²) >= 11 is 12.3. The summed E-state index contributed by atoms with van der Waals surface area (Å²) in [5.74, 6) is -0.292. The molecular weight excluding hydrogens is 639 g/mol. The van der Waals surface area contributed by atoms with Gasteiger partial charge in [0.25, 0.3) is 5.91 Å². The second kappa shape index (κ2) is 16.3. The zero-order valence-electron chi connectivity index (χ0n) is 26.9. The fourth-order valence-corrected chi connectivity index (χ4v) is 7.11. The maximum atomic E-state index is 13.5. The van der Waals surface area contributed by atoms with Gasteiger partial charge in [0.15, 0.2) is 6.20 Å². The zero-order valence-corrected chi connectivity index (χ0v) is 28.4. The van der Waals surface area contributed by atoms with E-state index in [9.17, 15) is 14.8 Å². The Kier molecular flexibility index (Phi) is 12.0. The largest absolute Gasteiger partial charge is 0.618 e. The molecule has 2 aliphatic heterocycles. The van der Waals surface area contributed by atoms with Crippen LogP contribution >= 0.6 is 23.2 Å². The minimum absolute atomic E-state index is 0.0156. The number of carbonyl (C=O) groups excluding carboxylic acids is 2. The van der Waals surface area contributed by atoms with Gasteiger partial charge in [-0.25, -0.2) is 4.79 Å². The van der Waals surface area contributed by atoms with Gasteiger partial charge in [0.2, 0.25) is 5.69 Å². The van der Waals surface area contributed by atoms with Crippen LogP contribution in [0.25, 0.3) is 0 Å². The van der Waals surface area contributed by atoms with Crippen LogP contribution in [-0.2, 0) is 11.4 Å². The quantitative estimate of drug-likeness (QED) is 0.106. The molecule has 250 valence electrons. The highest BCUT2D eigenvalue weighted by atomic mass is 35.5. The third kappa shape index (κ3) is 8.94. The van der Waals surface area contributed by atoms with Crippen molar-refractivity contribution in [1.29, 1.82) is 0 Å². The average Bonchev–Trinajstić information content (AvgIpc) is 3.07. The van der Waals surface area contributed by atoms with Crippen molar-refractivity contribution in [3.63, 3.8) is 0 Å². The summed E-state index contributed by atoms with van der Waals surface area (Å²) in [5.41, 5.74) is 2.83. The van der Waals surface area contributed by atoms with Gasteiger partial charge in [0.1, 0.15) is 13.7 Å². The molecule has 0 spiro atoms. The van der Waals surface area contributed by atoms with Gasteiger partial charge >= 0.3 is 6.03 Å². The van der Waals surface area contributed by atoms with Gasteiger partial charge in [-0.1, -0.05) is 58.7 Å². The molecule has 5 rings (SSSR count). The lowest BCUT2D eigenvalue weighted by Crippen LogP contribution is -2.56. The fraction of sp³-hybridized carbons (Fsp3) is 0.429. The smallest absolute Gasteiger partial charge is 0.320 e. The van der Waals surface area contributed by atoms with E-state index in [4.69, 9.17) is 28.0 Å². The molecule has 3 amide bonds. The maximum absolute atomic E-state index is 13.5. The summed E-state index contributed by atoms with van der Waals surface area (Å²) < 4.78 is 0.835. The molecule has 0 radical (unpaired) electrons. The summed E-state index contributed by atoms with van der Waals surface area (Å²) in [7, 11) is 3.25. The molecule has 3 aromatic rings. The highest BCUT2D eigenvalue weighted by Gasteiger charge is 2.34. The number of hydrogen-bond donors (Lipinski definition) is 0. The first-order chi connectivity index (χ1) is 22.7. The summed E-state index contributed by atoms with van der Waals surface area (Å²) in [6.45, 7) is 4.56. The molecule has 3 heterocycles. The molecule has 0 aliphatic carbocycles. The van der Waals surface area contributed by atoms with E-state index in [2.05, 4.69) is 22.2 Å². The number of aromatic nitrogens is 1.